The second-order valence-corrected chi connectivity index (χ2v) is 11.7. The van der Waals surface area contributed by atoms with E-state index in [0.29, 0.717) is 60.2 Å². The van der Waals surface area contributed by atoms with Crippen molar-refractivity contribution in [3.8, 4) is 39.9 Å². The molecule has 0 fully saturated rings. The molecule has 0 saturated carbocycles. The summed E-state index contributed by atoms with van der Waals surface area (Å²) < 4.78 is 27.8. The summed E-state index contributed by atoms with van der Waals surface area (Å²) in [7, 11) is 0. The number of hydrogen-bond donors (Lipinski definition) is 1. The van der Waals surface area contributed by atoms with Gasteiger partial charge < -0.3 is 28.8 Å². The van der Waals surface area contributed by atoms with Gasteiger partial charge >= 0.3 is 23.9 Å². The van der Waals surface area contributed by atoms with Crippen LogP contribution in [0.15, 0.2) is 121 Å². The molecule has 5 aromatic carbocycles. The standard InChI is InChI=1S/C42H38O10/c1-2-3-26-48-34-18-12-30(13-19-34)41(46)51-37-24-16-32(17-25-37)42(47)52-38-8-6-7-33(28-38)29-10-22-36(23-11-29)50-40(45)31-14-20-35(21-15-31)49-27-5-4-9-39(43)44/h6-8,10-25,28H,2-5,9,26-27H2,1H3,(H,43,44). The molecule has 1 N–H and O–H groups in total. The number of esters is 3. The zero-order valence-electron chi connectivity index (χ0n) is 28.6. The van der Waals surface area contributed by atoms with Gasteiger partial charge in [0.1, 0.15) is 28.7 Å². The number of carboxylic acids is 1. The lowest BCUT2D eigenvalue weighted by atomic mass is 10.1. The Balaban J connectivity index is 1.10. The minimum absolute atomic E-state index is 0.101. The van der Waals surface area contributed by atoms with Crippen molar-refractivity contribution in [1.82, 2.24) is 0 Å². The molecule has 0 bridgehead atoms. The molecule has 0 aliphatic rings. The van der Waals surface area contributed by atoms with Gasteiger partial charge in [-0.1, -0.05) is 37.6 Å². The van der Waals surface area contributed by atoms with E-state index in [0.717, 1.165) is 24.0 Å². The van der Waals surface area contributed by atoms with E-state index in [1.54, 1.807) is 91.0 Å². The van der Waals surface area contributed by atoms with Gasteiger partial charge in [-0.2, -0.15) is 0 Å². The number of carbonyl (C=O) groups excluding carboxylic acids is 3. The van der Waals surface area contributed by atoms with Crippen LogP contribution in [0.3, 0.4) is 0 Å². The van der Waals surface area contributed by atoms with Gasteiger partial charge in [-0.15, -0.1) is 0 Å². The van der Waals surface area contributed by atoms with Gasteiger partial charge in [0.15, 0.2) is 0 Å². The Bertz CT molecular complexity index is 1950. The summed E-state index contributed by atoms with van der Waals surface area (Å²) in [4.78, 5) is 48.8. The van der Waals surface area contributed by atoms with Crippen LogP contribution in [0.25, 0.3) is 11.1 Å². The van der Waals surface area contributed by atoms with E-state index in [1.807, 2.05) is 6.07 Å². The van der Waals surface area contributed by atoms with Gasteiger partial charge in [-0.25, -0.2) is 14.4 Å². The van der Waals surface area contributed by atoms with Crippen LogP contribution in [0, 0.1) is 0 Å². The molecular weight excluding hydrogens is 664 g/mol. The first-order chi connectivity index (χ1) is 25.3. The van der Waals surface area contributed by atoms with Crippen molar-refractivity contribution in [2.75, 3.05) is 13.2 Å². The van der Waals surface area contributed by atoms with Crippen molar-refractivity contribution in [2.24, 2.45) is 0 Å². The lowest BCUT2D eigenvalue weighted by Crippen LogP contribution is -2.10. The van der Waals surface area contributed by atoms with Gasteiger partial charge in [0.05, 0.1) is 29.9 Å². The first kappa shape index (κ1) is 36.9. The predicted octanol–water partition coefficient (Wildman–Crippen LogP) is 8.82. The molecule has 0 amide bonds. The summed E-state index contributed by atoms with van der Waals surface area (Å²) in [5, 5.41) is 8.70. The number of aliphatic carboxylic acids is 1. The Hall–Kier alpha value is -6.42. The number of rotatable bonds is 17. The SMILES string of the molecule is CCCCOc1ccc(C(=O)Oc2ccc(C(=O)Oc3cccc(-c4ccc(OC(=O)c5ccc(OCCCCC(=O)O)cc5)cc4)c3)cc2)cc1. The summed E-state index contributed by atoms with van der Waals surface area (Å²) in [5.74, 6) is -0.229. The highest BCUT2D eigenvalue weighted by atomic mass is 16.5. The molecule has 10 nitrogen and oxygen atoms in total. The molecule has 0 radical (unpaired) electrons. The average molecular weight is 703 g/mol. The van der Waals surface area contributed by atoms with Gasteiger partial charge in [-0.3, -0.25) is 4.79 Å². The summed E-state index contributed by atoms with van der Waals surface area (Å²) in [6.45, 7) is 3.09. The van der Waals surface area contributed by atoms with Gasteiger partial charge in [0.2, 0.25) is 0 Å². The normalized spacial score (nSPS) is 10.6. The summed E-state index contributed by atoms with van der Waals surface area (Å²) >= 11 is 0. The van der Waals surface area contributed by atoms with Crippen LogP contribution in [0.2, 0.25) is 0 Å². The molecule has 0 aliphatic carbocycles. The zero-order valence-corrected chi connectivity index (χ0v) is 28.6. The zero-order chi connectivity index (χ0) is 36.7. The predicted molar refractivity (Wildman–Crippen MR) is 193 cm³/mol. The summed E-state index contributed by atoms with van der Waals surface area (Å²) in [6.07, 6.45) is 3.23. The van der Waals surface area contributed by atoms with E-state index in [4.69, 9.17) is 28.8 Å². The van der Waals surface area contributed by atoms with Crippen molar-refractivity contribution >= 4 is 23.9 Å². The van der Waals surface area contributed by atoms with E-state index in [1.165, 1.54) is 24.3 Å². The van der Waals surface area contributed by atoms with Crippen molar-refractivity contribution < 1.29 is 48.0 Å². The third-order valence-corrected chi connectivity index (χ3v) is 7.74. The monoisotopic (exact) mass is 702 g/mol. The summed E-state index contributed by atoms with van der Waals surface area (Å²) in [6, 6.07) is 33.3. The minimum Gasteiger partial charge on any atom is -0.494 e. The number of carbonyl (C=O) groups is 4. The molecular formula is C42H38O10. The van der Waals surface area contributed by atoms with Gasteiger partial charge in [-0.05, 0) is 127 Å². The first-order valence-corrected chi connectivity index (χ1v) is 16.9. The van der Waals surface area contributed by atoms with E-state index in [-0.39, 0.29) is 17.7 Å². The smallest absolute Gasteiger partial charge is 0.343 e. The summed E-state index contributed by atoms with van der Waals surface area (Å²) in [5.41, 5.74) is 2.60. The quantitative estimate of drug-likeness (QED) is 0.0569. The van der Waals surface area contributed by atoms with E-state index in [9.17, 15) is 19.2 Å². The lowest BCUT2D eigenvalue weighted by molar-refractivity contribution is -0.137. The maximum atomic E-state index is 12.9. The molecule has 0 spiro atoms. The Morgan fingerprint density at radius 2 is 0.923 bits per heavy atom. The van der Waals surface area contributed by atoms with Gasteiger partial charge in [0.25, 0.3) is 0 Å². The van der Waals surface area contributed by atoms with E-state index >= 15 is 0 Å². The minimum atomic E-state index is -0.833. The Morgan fingerprint density at radius 3 is 1.40 bits per heavy atom. The number of ether oxygens (including phenoxy) is 5. The fourth-order valence-corrected chi connectivity index (χ4v) is 4.89. The fourth-order valence-electron chi connectivity index (χ4n) is 4.89. The van der Waals surface area contributed by atoms with Crippen molar-refractivity contribution in [1.29, 1.82) is 0 Å². The molecule has 52 heavy (non-hydrogen) atoms. The van der Waals surface area contributed by atoms with Crippen LogP contribution < -0.4 is 23.7 Å². The fraction of sp³-hybridized carbons (Fsp3) is 0.190. The van der Waals surface area contributed by atoms with Crippen molar-refractivity contribution in [3.05, 3.63) is 138 Å². The number of carboxylic acid groups (broad SMARTS) is 1. The molecule has 0 atom stereocenters. The van der Waals surface area contributed by atoms with Crippen LogP contribution in [0.5, 0.6) is 28.7 Å². The molecule has 5 aromatic rings. The lowest BCUT2D eigenvalue weighted by Gasteiger charge is -2.09. The Kier molecular flexibility index (Phi) is 13.1. The van der Waals surface area contributed by atoms with Crippen LogP contribution in [0.1, 0.15) is 70.1 Å². The third kappa shape index (κ3) is 11.0. The van der Waals surface area contributed by atoms with E-state index < -0.39 is 23.9 Å². The Morgan fingerprint density at radius 1 is 0.481 bits per heavy atom. The maximum absolute atomic E-state index is 12.9. The molecule has 0 saturated heterocycles. The first-order valence-electron chi connectivity index (χ1n) is 16.9. The molecule has 10 heteroatoms. The molecule has 0 aromatic heterocycles. The molecule has 5 rings (SSSR count). The largest absolute Gasteiger partial charge is 0.494 e. The second-order valence-electron chi connectivity index (χ2n) is 11.7. The molecule has 266 valence electrons. The average Bonchev–Trinajstić information content (AvgIpc) is 3.16. The van der Waals surface area contributed by atoms with E-state index in [2.05, 4.69) is 6.92 Å². The molecule has 0 aliphatic heterocycles. The Labute approximate surface area is 301 Å². The highest BCUT2D eigenvalue weighted by Crippen LogP contribution is 2.27. The van der Waals surface area contributed by atoms with Crippen molar-refractivity contribution in [3.63, 3.8) is 0 Å². The molecule has 0 unspecified atom stereocenters. The maximum Gasteiger partial charge on any atom is 0.343 e. The number of unbranched alkanes of at least 4 members (excludes halogenated alkanes) is 2. The number of benzene rings is 5. The van der Waals surface area contributed by atoms with Crippen LogP contribution in [-0.2, 0) is 4.79 Å². The molecule has 0 heterocycles. The third-order valence-electron chi connectivity index (χ3n) is 7.74. The van der Waals surface area contributed by atoms with Gasteiger partial charge in [0, 0.05) is 6.42 Å². The van der Waals surface area contributed by atoms with Crippen LogP contribution in [0.4, 0.5) is 0 Å². The van der Waals surface area contributed by atoms with Crippen LogP contribution in [-0.4, -0.2) is 42.2 Å². The van der Waals surface area contributed by atoms with Crippen molar-refractivity contribution in [2.45, 2.75) is 39.0 Å². The topological polar surface area (TPSA) is 135 Å². The highest BCUT2D eigenvalue weighted by molar-refractivity contribution is 5.93. The number of hydrogen-bond acceptors (Lipinski definition) is 9. The van der Waals surface area contributed by atoms with Crippen LogP contribution >= 0.6 is 0 Å². The second kappa shape index (κ2) is 18.5. The highest BCUT2D eigenvalue weighted by Gasteiger charge is 2.14.